The van der Waals surface area contributed by atoms with Crippen LogP contribution < -0.4 is 20.0 Å². The summed E-state index contributed by atoms with van der Waals surface area (Å²) >= 11 is 0. The summed E-state index contributed by atoms with van der Waals surface area (Å²) in [6, 6.07) is 10.8. The summed E-state index contributed by atoms with van der Waals surface area (Å²) < 4.78 is 14.7. The molecule has 1 saturated heterocycles. The van der Waals surface area contributed by atoms with E-state index in [2.05, 4.69) is 50.2 Å². The Kier molecular flexibility index (Phi) is 6.87. The second-order valence-electron chi connectivity index (χ2n) is 13.0. The lowest BCUT2D eigenvalue weighted by Gasteiger charge is -2.47. The first-order valence-electron chi connectivity index (χ1n) is 15.4. The van der Waals surface area contributed by atoms with E-state index in [0.29, 0.717) is 45.3 Å². The van der Waals surface area contributed by atoms with Crippen molar-refractivity contribution in [3.05, 3.63) is 54.1 Å². The zero-order chi connectivity index (χ0) is 30.6. The summed E-state index contributed by atoms with van der Waals surface area (Å²) in [6.07, 6.45) is 9.43. The molecule has 2 N–H and O–H groups in total. The molecule has 2 aromatic heterocycles. The van der Waals surface area contributed by atoms with Crippen LogP contribution in [0.4, 0.5) is 38.9 Å². The zero-order valence-electron chi connectivity index (χ0n) is 25.3. The lowest BCUT2D eigenvalue weighted by molar-refractivity contribution is -0.119. The van der Waals surface area contributed by atoms with Gasteiger partial charge in [-0.05, 0) is 81.2 Å². The highest BCUT2D eigenvalue weighted by molar-refractivity contribution is 6.10. The highest BCUT2D eigenvalue weighted by Gasteiger charge is 2.43. The van der Waals surface area contributed by atoms with Gasteiger partial charge in [-0.25, -0.2) is 9.37 Å². The summed E-state index contributed by atoms with van der Waals surface area (Å²) in [5, 5.41) is 20.5. The van der Waals surface area contributed by atoms with Gasteiger partial charge in [0.25, 0.3) is 5.91 Å². The number of halogens is 1. The fraction of sp³-hybridized carbons (Fsp3) is 0.424. The van der Waals surface area contributed by atoms with Crippen molar-refractivity contribution in [2.45, 2.75) is 71.4 Å². The van der Waals surface area contributed by atoms with Crippen LogP contribution in [0.1, 0.15) is 64.9 Å². The lowest BCUT2D eigenvalue weighted by atomic mass is 9.75. The Morgan fingerprint density at radius 3 is 2.61 bits per heavy atom. The predicted octanol–water partition coefficient (Wildman–Crippen LogP) is 6.55. The highest BCUT2D eigenvalue weighted by atomic mass is 19.1. The van der Waals surface area contributed by atoms with Crippen LogP contribution in [0.25, 0.3) is 10.9 Å². The molecule has 0 spiro atoms. The highest BCUT2D eigenvalue weighted by Crippen LogP contribution is 2.45. The minimum atomic E-state index is -0.486. The van der Waals surface area contributed by atoms with E-state index in [4.69, 9.17) is 4.98 Å². The smallest absolute Gasteiger partial charge is 0.254 e. The molecule has 4 heterocycles. The van der Waals surface area contributed by atoms with Gasteiger partial charge in [0.2, 0.25) is 5.95 Å². The number of hydrogen-bond acceptors (Lipinski definition) is 8. The van der Waals surface area contributed by atoms with E-state index in [1.54, 1.807) is 29.4 Å². The van der Waals surface area contributed by atoms with Crippen LogP contribution in [0.3, 0.4) is 0 Å². The Balaban J connectivity index is 1.30. The number of rotatable bonds is 5. The van der Waals surface area contributed by atoms with Gasteiger partial charge in [-0.3, -0.25) is 14.8 Å². The van der Waals surface area contributed by atoms with Gasteiger partial charge in [-0.1, -0.05) is 13.8 Å². The third-order valence-electron chi connectivity index (χ3n) is 9.49. The number of hydrogen-bond donors (Lipinski definition) is 2. The number of aromatic amines is 1. The molecule has 10 nitrogen and oxygen atoms in total. The molecule has 0 bridgehead atoms. The molecule has 0 unspecified atom stereocenters. The molecule has 44 heavy (non-hydrogen) atoms. The van der Waals surface area contributed by atoms with Gasteiger partial charge in [0.05, 0.1) is 29.3 Å². The number of amides is 1. The van der Waals surface area contributed by atoms with Crippen LogP contribution in [0.15, 0.2) is 42.7 Å². The Morgan fingerprint density at radius 2 is 1.86 bits per heavy atom. The Labute approximate surface area is 255 Å². The molecule has 11 heteroatoms. The van der Waals surface area contributed by atoms with Crippen molar-refractivity contribution < 1.29 is 9.18 Å². The minimum absolute atomic E-state index is 0.0862. The van der Waals surface area contributed by atoms with Crippen molar-refractivity contribution in [1.29, 1.82) is 5.26 Å². The van der Waals surface area contributed by atoms with Crippen molar-refractivity contribution in [3.63, 3.8) is 0 Å². The third kappa shape index (κ3) is 4.88. The molecule has 2 aromatic carbocycles. The molecular weight excluding hydrogens is 557 g/mol. The van der Waals surface area contributed by atoms with Crippen LogP contribution in [0, 0.1) is 22.6 Å². The van der Waals surface area contributed by atoms with Crippen molar-refractivity contribution in [3.8, 4) is 6.07 Å². The summed E-state index contributed by atoms with van der Waals surface area (Å²) in [7, 11) is 0. The van der Waals surface area contributed by atoms with E-state index in [0.717, 1.165) is 57.3 Å². The van der Waals surface area contributed by atoms with Crippen molar-refractivity contribution in [2.75, 3.05) is 33.1 Å². The van der Waals surface area contributed by atoms with Gasteiger partial charge in [0, 0.05) is 30.2 Å². The van der Waals surface area contributed by atoms with Gasteiger partial charge < -0.3 is 15.1 Å². The molecule has 4 aromatic rings. The monoisotopic (exact) mass is 593 g/mol. The quantitative estimate of drug-likeness (QED) is 0.268. The fourth-order valence-corrected chi connectivity index (χ4v) is 7.00. The molecule has 1 saturated carbocycles. The molecule has 7 rings (SSSR count). The number of anilines is 6. The topological polar surface area (TPSA) is 117 Å². The van der Waals surface area contributed by atoms with E-state index >= 15 is 0 Å². The fourth-order valence-electron chi connectivity index (χ4n) is 7.00. The van der Waals surface area contributed by atoms with Gasteiger partial charge >= 0.3 is 0 Å². The number of fused-ring (bicyclic) bond motifs is 2. The number of nitrogens with one attached hydrogen (secondary N) is 2. The Morgan fingerprint density at radius 1 is 1.09 bits per heavy atom. The van der Waals surface area contributed by atoms with Gasteiger partial charge in [0.15, 0.2) is 11.6 Å². The molecule has 0 radical (unpaired) electrons. The number of aromatic nitrogens is 4. The number of benzene rings is 2. The lowest BCUT2D eigenvalue weighted by Crippen LogP contribution is -2.55. The SMILES string of the molecule is C[C@@H]1C(=O)N(c2ccc(N3CCCC3)c(C#N)c2)c2cnc(Nc3cc(F)c4[nH]ncc4c3)nc2N1C1CCC(C)(C)CC1. The minimum Gasteiger partial charge on any atom is -0.370 e. The number of H-pyrrole nitrogens is 1. The van der Waals surface area contributed by atoms with Crippen LogP contribution in [0.2, 0.25) is 0 Å². The molecule has 1 atom stereocenters. The van der Waals surface area contributed by atoms with E-state index in [1.165, 1.54) is 6.07 Å². The second-order valence-corrected chi connectivity index (χ2v) is 13.0. The van der Waals surface area contributed by atoms with Gasteiger partial charge in [-0.2, -0.15) is 15.3 Å². The summed E-state index contributed by atoms with van der Waals surface area (Å²) in [4.78, 5) is 29.8. The van der Waals surface area contributed by atoms with Crippen molar-refractivity contribution in [1.82, 2.24) is 20.2 Å². The summed E-state index contributed by atoms with van der Waals surface area (Å²) in [5.74, 6) is 0.432. The van der Waals surface area contributed by atoms with E-state index in [9.17, 15) is 14.4 Å². The van der Waals surface area contributed by atoms with Crippen LogP contribution in [-0.2, 0) is 4.79 Å². The Hall–Kier alpha value is -4.72. The van der Waals surface area contributed by atoms with Gasteiger partial charge in [-0.15, -0.1) is 0 Å². The van der Waals surface area contributed by atoms with Crippen LogP contribution in [-0.4, -0.2) is 51.2 Å². The van der Waals surface area contributed by atoms with Crippen molar-refractivity contribution >= 4 is 51.3 Å². The molecule has 1 amide bonds. The molecular formula is C33H36FN9O. The normalized spacial score (nSPS) is 20.2. The maximum absolute atomic E-state index is 14.7. The number of carbonyl (C=O) groups is 1. The number of nitrogens with zero attached hydrogens (tertiary/aromatic N) is 7. The first kappa shape index (κ1) is 28.1. The average Bonchev–Trinajstić information content (AvgIpc) is 3.72. The number of carbonyl (C=O) groups excluding carboxylic acids is 1. The predicted molar refractivity (Wildman–Crippen MR) is 169 cm³/mol. The largest absolute Gasteiger partial charge is 0.370 e. The zero-order valence-corrected chi connectivity index (χ0v) is 25.3. The van der Waals surface area contributed by atoms with Crippen molar-refractivity contribution in [2.24, 2.45) is 5.41 Å². The second kappa shape index (κ2) is 10.8. The van der Waals surface area contributed by atoms with E-state index < -0.39 is 11.9 Å². The van der Waals surface area contributed by atoms with Crippen LogP contribution in [0.5, 0.6) is 0 Å². The van der Waals surface area contributed by atoms with E-state index in [1.807, 2.05) is 19.1 Å². The number of nitriles is 1. The maximum atomic E-state index is 14.7. The molecule has 226 valence electrons. The molecule has 2 fully saturated rings. The third-order valence-corrected chi connectivity index (χ3v) is 9.49. The molecule has 3 aliphatic rings. The average molecular weight is 594 g/mol. The molecule has 1 aliphatic carbocycles. The first-order valence-corrected chi connectivity index (χ1v) is 15.4. The molecule has 2 aliphatic heterocycles. The standard InChI is InChI=1S/C33H36FN9O/c1-20-31(44)43(25-6-7-27(21(15-25)17-35)41-12-4-5-13-41)28-19-36-32(38-23-14-22-18-37-40-29(22)26(34)16-23)39-30(28)42(20)24-8-10-33(2,3)11-9-24/h6-7,14-16,18-20,24H,4-5,8-13H2,1-3H3,(H,37,40)(H,36,38,39)/t20-/m1/s1. The first-order chi connectivity index (χ1) is 21.2. The van der Waals surface area contributed by atoms with E-state index in [-0.39, 0.29) is 17.4 Å². The summed E-state index contributed by atoms with van der Waals surface area (Å²) in [6.45, 7) is 8.36. The van der Waals surface area contributed by atoms with Crippen LogP contribution >= 0.6 is 0 Å². The Bertz CT molecular complexity index is 1780. The summed E-state index contributed by atoms with van der Waals surface area (Å²) in [5.41, 5.74) is 3.71. The maximum Gasteiger partial charge on any atom is 0.254 e. The van der Waals surface area contributed by atoms with Gasteiger partial charge in [0.1, 0.15) is 23.3 Å².